The van der Waals surface area contributed by atoms with Gasteiger partial charge in [-0.1, -0.05) is 66.2 Å². The molecule has 0 saturated carbocycles. The van der Waals surface area contributed by atoms with Crippen LogP contribution < -0.4 is 10.6 Å². The van der Waals surface area contributed by atoms with Gasteiger partial charge >= 0.3 is 0 Å². The number of nitrogens with zero attached hydrogens (tertiary/aromatic N) is 1. The minimum atomic E-state index is -0.345. The molecular weight excluding hydrogens is 417 g/mol. The van der Waals surface area contributed by atoms with E-state index in [1.807, 2.05) is 30.3 Å². The van der Waals surface area contributed by atoms with Crippen LogP contribution in [0.3, 0.4) is 0 Å². The summed E-state index contributed by atoms with van der Waals surface area (Å²) in [5.41, 5.74) is 2.27. The molecule has 31 heavy (non-hydrogen) atoms. The van der Waals surface area contributed by atoms with Crippen LogP contribution in [0.25, 0.3) is 0 Å². The van der Waals surface area contributed by atoms with Crippen LogP contribution in [0, 0.1) is 5.82 Å². The fraction of sp³-hybridized carbons (Fsp3) is 0.167. The third kappa shape index (κ3) is 6.38. The summed E-state index contributed by atoms with van der Waals surface area (Å²) < 4.78 is 13.3. The van der Waals surface area contributed by atoms with E-state index in [-0.39, 0.29) is 36.8 Å². The van der Waals surface area contributed by atoms with Crippen LogP contribution in [0.15, 0.2) is 78.9 Å². The van der Waals surface area contributed by atoms with Gasteiger partial charge in [-0.2, -0.15) is 0 Å². The van der Waals surface area contributed by atoms with E-state index in [1.165, 1.54) is 17.0 Å². The summed E-state index contributed by atoms with van der Waals surface area (Å²) in [6.07, 6.45) is 0. The minimum Gasteiger partial charge on any atom is -0.335 e. The number of para-hydroxylation sites is 1. The number of halogens is 2. The molecule has 0 fully saturated rings. The summed E-state index contributed by atoms with van der Waals surface area (Å²) in [6.45, 7) is -0.106. The average Bonchev–Trinajstić information content (AvgIpc) is 2.77. The molecule has 0 aliphatic rings. The second kappa shape index (κ2) is 10.7. The summed E-state index contributed by atoms with van der Waals surface area (Å²) in [5.74, 6) is -0.921. The van der Waals surface area contributed by atoms with E-state index in [2.05, 4.69) is 10.6 Å². The minimum absolute atomic E-state index is 0.00676. The van der Waals surface area contributed by atoms with E-state index in [0.29, 0.717) is 10.7 Å². The van der Waals surface area contributed by atoms with Crippen molar-refractivity contribution in [1.82, 2.24) is 10.2 Å². The lowest BCUT2D eigenvalue weighted by molar-refractivity contribution is -0.132. The van der Waals surface area contributed by atoms with Gasteiger partial charge in [0.05, 0.1) is 29.8 Å². The molecule has 0 bridgehead atoms. The Kier molecular flexibility index (Phi) is 7.76. The summed E-state index contributed by atoms with van der Waals surface area (Å²) in [6, 6.07) is 22.3. The van der Waals surface area contributed by atoms with E-state index in [9.17, 15) is 14.0 Å². The molecule has 0 aliphatic heterocycles. The van der Waals surface area contributed by atoms with Gasteiger partial charge in [-0.15, -0.1) is 0 Å². The van der Waals surface area contributed by atoms with Crippen molar-refractivity contribution in [2.45, 2.75) is 6.04 Å². The van der Waals surface area contributed by atoms with Gasteiger partial charge in [0.15, 0.2) is 0 Å². The van der Waals surface area contributed by atoms with E-state index in [4.69, 9.17) is 11.6 Å². The first kappa shape index (κ1) is 22.5. The lowest BCUT2D eigenvalue weighted by Gasteiger charge is -2.22. The lowest BCUT2D eigenvalue weighted by Crippen LogP contribution is -2.41. The standard InChI is InChI=1S/C24H23ClFN3O2/c1-29(16-22(30)28-21-10-6-5-9-20(21)25)23(31)15-27-24(17-7-3-2-4-8-17)18-11-13-19(26)14-12-18/h2-14,24,27H,15-16H2,1H3,(H,28,30). The van der Waals surface area contributed by atoms with E-state index >= 15 is 0 Å². The Morgan fingerprint density at radius 1 is 0.935 bits per heavy atom. The molecule has 0 aliphatic carbocycles. The number of nitrogens with one attached hydrogen (secondary N) is 2. The summed E-state index contributed by atoms with van der Waals surface area (Å²) in [5, 5.41) is 6.34. The zero-order chi connectivity index (χ0) is 22.2. The molecule has 0 spiro atoms. The highest BCUT2D eigenvalue weighted by Crippen LogP contribution is 2.22. The third-order valence-corrected chi connectivity index (χ3v) is 5.08. The van der Waals surface area contributed by atoms with Crippen LogP contribution in [0.4, 0.5) is 10.1 Å². The maximum Gasteiger partial charge on any atom is 0.244 e. The van der Waals surface area contributed by atoms with Crippen LogP contribution in [0.1, 0.15) is 17.2 Å². The predicted molar refractivity (Wildman–Crippen MR) is 120 cm³/mol. The van der Waals surface area contributed by atoms with Crippen molar-refractivity contribution in [3.63, 3.8) is 0 Å². The molecule has 2 amide bonds. The summed E-state index contributed by atoms with van der Waals surface area (Å²) >= 11 is 6.05. The maximum absolute atomic E-state index is 13.3. The maximum atomic E-state index is 13.3. The fourth-order valence-corrected chi connectivity index (χ4v) is 3.29. The average molecular weight is 440 g/mol. The van der Waals surface area contributed by atoms with Crippen molar-refractivity contribution < 1.29 is 14.0 Å². The molecule has 160 valence electrons. The normalized spacial score (nSPS) is 11.6. The Balaban J connectivity index is 1.61. The van der Waals surface area contributed by atoms with Crippen LogP contribution in [0.2, 0.25) is 5.02 Å². The summed E-state index contributed by atoms with van der Waals surface area (Å²) in [4.78, 5) is 26.2. The van der Waals surface area contributed by atoms with Gasteiger partial charge in [-0.25, -0.2) is 4.39 Å². The first-order valence-electron chi connectivity index (χ1n) is 9.76. The van der Waals surface area contributed by atoms with Crippen LogP contribution >= 0.6 is 11.6 Å². The Labute approximate surface area is 185 Å². The molecule has 3 aromatic carbocycles. The van der Waals surface area contributed by atoms with E-state index < -0.39 is 0 Å². The first-order chi connectivity index (χ1) is 14.9. The van der Waals surface area contributed by atoms with E-state index in [1.54, 1.807) is 43.4 Å². The number of amides is 2. The number of carbonyl (C=O) groups excluding carboxylic acids is 2. The van der Waals surface area contributed by atoms with Crippen molar-refractivity contribution in [3.8, 4) is 0 Å². The molecule has 3 aromatic rings. The van der Waals surface area contributed by atoms with Gasteiger partial charge in [0.25, 0.3) is 0 Å². The largest absolute Gasteiger partial charge is 0.335 e. The second-order valence-electron chi connectivity index (χ2n) is 7.05. The Morgan fingerprint density at radius 3 is 2.23 bits per heavy atom. The molecule has 0 saturated heterocycles. The van der Waals surface area contributed by atoms with Crippen molar-refractivity contribution >= 4 is 29.1 Å². The molecule has 1 unspecified atom stereocenters. The monoisotopic (exact) mass is 439 g/mol. The van der Waals surface area contributed by atoms with Crippen LogP contribution in [-0.4, -0.2) is 36.9 Å². The number of hydrogen-bond acceptors (Lipinski definition) is 3. The topological polar surface area (TPSA) is 61.4 Å². The quantitative estimate of drug-likeness (QED) is 0.551. The second-order valence-corrected chi connectivity index (χ2v) is 7.46. The smallest absolute Gasteiger partial charge is 0.244 e. The SMILES string of the molecule is CN(CC(=O)Nc1ccccc1Cl)C(=O)CNC(c1ccccc1)c1ccc(F)cc1. The number of anilines is 1. The highest BCUT2D eigenvalue weighted by Gasteiger charge is 2.18. The van der Waals surface area contributed by atoms with Gasteiger partial charge < -0.3 is 10.2 Å². The van der Waals surface area contributed by atoms with Crippen molar-refractivity contribution in [2.24, 2.45) is 0 Å². The van der Waals surface area contributed by atoms with Crippen molar-refractivity contribution in [3.05, 3.63) is 101 Å². The molecule has 1 atom stereocenters. The Bertz CT molecular complexity index is 1030. The number of likely N-dealkylation sites (N-methyl/N-ethyl adjacent to an activating group) is 1. The summed E-state index contributed by atoms with van der Waals surface area (Å²) in [7, 11) is 1.56. The molecule has 2 N–H and O–H groups in total. The number of rotatable bonds is 8. The Morgan fingerprint density at radius 2 is 1.55 bits per heavy atom. The number of hydrogen-bond donors (Lipinski definition) is 2. The van der Waals surface area contributed by atoms with Gasteiger partial charge in [0, 0.05) is 7.05 Å². The van der Waals surface area contributed by atoms with Gasteiger partial charge in [0.1, 0.15) is 5.82 Å². The van der Waals surface area contributed by atoms with Gasteiger partial charge in [-0.3, -0.25) is 14.9 Å². The lowest BCUT2D eigenvalue weighted by atomic mass is 9.98. The molecule has 7 heteroatoms. The van der Waals surface area contributed by atoms with Crippen molar-refractivity contribution in [2.75, 3.05) is 25.5 Å². The Hall–Kier alpha value is -3.22. The molecule has 5 nitrogen and oxygen atoms in total. The van der Waals surface area contributed by atoms with E-state index in [0.717, 1.165) is 11.1 Å². The highest BCUT2D eigenvalue weighted by atomic mass is 35.5. The van der Waals surface area contributed by atoms with Crippen LogP contribution in [-0.2, 0) is 9.59 Å². The molecule has 0 radical (unpaired) electrons. The fourth-order valence-electron chi connectivity index (χ4n) is 3.11. The predicted octanol–water partition coefficient (Wildman–Crippen LogP) is 4.26. The molecule has 0 aromatic heterocycles. The van der Waals surface area contributed by atoms with Gasteiger partial charge in [0.2, 0.25) is 11.8 Å². The molecule has 3 rings (SSSR count). The van der Waals surface area contributed by atoms with Crippen molar-refractivity contribution in [1.29, 1.82) is 0 Å². The molecule has 0 heterocycles. The van der Waals surface area contributed by atoms with Crippen LogP contribution in [0.5, 0.6) is 0 Å². The number of benzene rings is 3. The third-order valence-electron chi connectivity index (χ3n) is 4.75. The first-order valence-corrected chi connectivity index (χ1v) is 10.1. The zero-order valence-electron chi connectivity index (χ0n) is 17.0. The van der Waals surface area contributed by atoms with Gasteiger partial charge in [-0.05, 0) is 35.4 Å². The molecular formula is C24H23ClFN3O2. The zero-order valence-corrected chi connectivity index (χ0v) is 17.8. The highest BCUT2D eigenvalue weighted by molar-refractivity contribution is 6.33. The number of carbonyl (C=O) groups is 2.